The molecule has 2 nitrogen and oxygen atoms in total. The predicted octanol–water partition coefficient (Wildman–Crippen LogP) is 3.72. The minimum atomic E-state index is -0.528. The molecule has 0 saturated carbocycles. The molecule has 0 atom stereocenters. The molecule has 0 N–H and O–H groups in total. The van der Waals surface area contributed by atoms with E-state index in [0.29, 0.717) is 11.3 Å². The molecule has 0 aliphatic carbocycles. The van der Waals surface area contributed by atoms with Crippen molar-refractivity contribution in [3.05, 3.63) is 64.4 Å². The summed E-state index contributed by atoms with van der Waals surface area (Å²) >= 11 is 5.72. The molecule has 0 fully saturated rings. The average molecular weight is 265 g/mol. The fraction of sp³-hybridized carbons (Fsp3) is 0.0714. The lowest BCUT2D eigenvalue weighted by molar-refractivity contribution is 0.103. The van der Waals surface area contributed by atoms with Crippen molar-refractivity contribution >= 4 is 17.4 Å². The standard InChI is InChI=1S/C14H10ClFO2/c1-18-13-4-2-9(3-5-13)14(17)10-6-11(15)8-12(16)7-10/h2-8H,1H3. The van der Waals surface area contributed by atoms with E-state index in [2.05, 4.69) is 0 Å². The lowest BCUT2D eigenvalue weighted by Crippen LogP contribution is -2.01. The Bertz CT molecular complexity index is 559. The van der Waals surface area contributed by atoms with Crippen molar-refractivity contribution in [2.75, 3.05) is 7.11 Å². The van der Waals surface area contributed by atoms with E-state index in [1.54, 1.807) is 31.4 Å². The lowest BCUT2D eigenvalue weighted by atomic mass is 10.0. The summed E-state index contributed by atoms with van der Waals surface area (Å²) in [5, 5.41) is 0.201. The number of hydrogen-bond donors (Lipinski definition) is 0. The molecule has 18 heavy (non-hydrogen) atoms. The van der Waals surface area contributed by atoms with Crippen LogP contribution in [0.2, 0.25) is 5.02 Å². The summed E-state index contributed by atoms with van der Waals surface area (Å²) in [6.45, 7) is 0. The Kier molecular flexibility index (Phi) is 3.63. The molecular weight excluding hydrogens is 255 g/mol. The van der Waals surface area contributed by atoms with E-state index >= 15 is 0 Å². The van der Waals surface area contributed by atoms with Gasteiger partial charge in [0.05, 0.1) is 7.11 Å². The lowest BCUT2D eigenvalue weighted by Gasteiger charge is -2.04. The molecule has 92 valence electrons. The van der Waals surface area contributed by atoms with Gasteiger partial charge in [0.2, 0.25) is 0 Å². The Morgan fingerprint density at radius 2 is 1.78 bits per heavy atom. The molecule has 0 amide bonds. The van der Waals surface area contributed by atoms with Crippen LogP contribution in [0.3, 0.4) is 0 Å². The topological polar surface area (TPSA) is 26.3 Å². The SMILES string of the molecule is COc1ccc(C(=O)c2cc(F)cc(Cl)c2)cc1. The van der Waals surface area contributed by atoms with Crippen LogP contribution in [0.15, 0.2) is 42.5 Å². The molecule has 2 aromatic rings. The van der Waals surface area contributed by atoms with E-state index in [-0.39, 0.29) is 16.4 Å². The molecule has 0 heterocycles. The summed E-state index contributed by atoms with van der Waals surface area (Å²) in [7, 11) is 1.54. The van der Waals surface area contributed by atoms with Gasteiger partial charge in [-0.25, -0.2) is 4.39 Å². The van der Waals surface area contributed by atoms with Gasteiger partial charge >= 0.3 is 0 Å². The highest BCUT2D eigenvalue weighted by Crippen LogP contribution is 2.19. The van der Waals surface area contributed by atoms with Gasteiger partial charge in [-0.15, -0.1) is 0 Å². The number of hydrogen-bond acceptors (Lipinski definition) is 2. The highest BCUT2D eigenvalue weighted by molar-refractivity contribution is 6.31. The maximum absolute atomic E-state index is 13.2. The molecule has 0 aliphatic heterocycles. The number of halogens is 2. The molecule has 0 bridgehead atoms. The van der Waals surface area contributed by atoms with Gasteiger partial charge in [0.1, 0.15) is 11.6 Å². The van der Waals surface area contributed by atoms with Gasteiger partial charge in [0, 0.05) is 16.1 Å². The molecule has 2 rings (SSSR count). The van der Waals surface area contributed by atoms with Crippen molar-refractivity contribution < 1.29 is 13.9 Å². The third-order valence-electron chi connectivity index (χ3n) is 2.48. The van der Waals surface area contributed by atoms with Crippen LogP contribution in [0, 0.1) is 5.82 Å². The highest BCUT2D eigenvalue weighted by atomic mass is 35.5. The minimum Gasteiger partial charge on any atom is -0.497 e. The average Bonchev–Trinajstić information content (AvgIpc) is 2.37. The van der Waals surface area contributed by atoms with Crippen LogP contribution < -0.4 is 4.74 Å². The summed E-state index contributed by atoms with van der Waals surface area (Å²) in [5.41, 5.74) is 0.683. The van der Waals surface area contributed by atoms with Crippen LogP contribution in [0.5, 0.6) is 5.75 Å². The van der Waals surface area contributed by atoms with Crippen molar-refractivity contribution in [2.45, 2.75) is 0 Å². The van der Waals surface area contributed by atoms with Gasteiger partial charge < -0.3 is 4.74 Å². The molecule has 4 heteroatoms. The normalized spacial score (nSPS) is 10.2. The van der Waals surface area contributed by atoms with Gasteiger partial charge in [-0.2, -0.15) is 0 Å². The van der Waals surface area contributed by atoms with E-state index in [1.807, 2.05) is 0 Å². The molecular formula is C14H10ClFO2. The quantitative estimate of drug-likeness (QED) is 0.790. The maximum Gasteiger partial charge on any atom is 0.193 e. The second kappa shape index (κ2) is 5.19. The second-order valence-corrected chi connectivity index (χ2v) is 4.15. The fourth-order valence-electron chi connectivity index (χ4n) is 1.59. The molecule has 0 aromatic heterocycles. The molecule has 0 aliphatic rings. The fourth-order valence-corrected chi connectivity index (χ4v) is 1.82. The van der Waals surface area contributed by atoms with Gasteiger partial charge in [-0.3, -0.25) is 4.79 Å². The number of benzene rings is 2. The molecule has 2 aromatic carbocycles. The van der Waals surface area contributed by atoms with E-state index in [1.165, 1.54) is 12.1 Å². The summed E-state index contributed by atoms with van der Waals surface area (Å²) in [6, 6.07) is 10.4. The summed E-state index contributed by atoms with van der Waals surface area (Å²) < 4.78 is 18.2. The maximum atomic E-state index is 13.2. The zero-order valence-corrected chi connectivity index (χ0v) is 10.4. The monoisotopic (exact) mass is 264 g/mol. The third-order valence-corrected chi connectivity index (χ3v) is 2.70. The second-order valence-electron chi connectivity index (χ2n) is 3.72. The van der Waals surface area contributed by atoms with E-state index in [9.17, 15) is 9.18 Å². The predicted molar refractivity (Wildman–Crippen MR) is 67.8 cm³/mol. The van der Waals surface area contributed by atoms with Crippen LogP contribution in [0.1, 0.15) is 15.9 Å². The minimum absolute atomic E-state index is 0.201. The van der Waals surface area contributed by atoms with Crippen LogP contribution >= 0.6 is 11.6 Å². The van der Waals surface area contributed by atoms with Gasteiger partial charge in [-0.1, -0.05) is 11.6 Å². The summed E-state index contributed by atoms with van der Waals surface area (Å²) in [6.07, 6.45) is 0. The van der Waals surface area contributed by atoms with Crippen LogP contribution in [0.25, 0.3) is 0 Å². The van der Waals surface area contributed by atoms with Gasteiger partial charge in [0.15, 0.2) is 5.78 Å². The van der Waals surface area contributed by atoms with Gasteiger partial charge in [-0.05, 0) is 42.5 Å². The highest BCUT2D eigenvalue weighted by Gasteiger charge is 2.11. The van der Waals surface area contributed by atoms with E-state index < -0.39 is 5.82 Å². The first-order chi connectivity index (χ1) is 8.60. The van der Waals surface area contributed by atoms with E-state index in [4.69, 9.17) is 16.3 Å². The Morgan fingerprint density at radius 3 is 2.33 bits per heavy atom. The Morgan fingerprint density at radius 1 is 1.11 bits per heavy atom. The number of rotatable bonds is 3. The van der Waals surface area contributed by atoms with Gasteiger partial charge in [0.25, 0.3) is 0 Å². The van der Waals surface area contributed by atoms with Crippen molar-refractivity contribution in [1.29, 1.82) is 0 Å². The van der Waals surface area contributed by atoms with E-state index in [0.717, 1.165) is 6.07 Å². The number of carbonyl (C=O) groups is 1. The number of ketones is 1. The smallest absolute Gasteiger partial charge is 0.193 e. The first kappa shape index (κ1) is 12.6. The van der Waals surface area contributed by atoms with Crippen molar-refractivity contribution in [3.8, 4) is 5.75 Å². The Balaban J connectivity index is 2.34. The van der Waals surface area contributed by atoms with Crippen molar-refractivity contribution in [3.63, 3.8) is 0 Å². The molecule has 0 spiro atoms. The number of ether oxygens (including phenoxy) is 1. The number of carbonyl (C=O) groups excluding carboxylic acids is 1. The first-order valence-electron chi connectivity index (χ1n) is 5.25. The Labute approximate surface area is 109 Å². The first-order valence-corrected chi connectivity index (χ1v) is 5.63. The summed E-state index contributed by atoms with van der Waals surface area (Å²) in [4.78, 5) is 12.1. The molecule has 0 unspecified atom stereocenters. The molecule has 0 radical (unpaired) electrons. The zero-order chi connectivity index (χ0) is 13.1. The number of methoxy groups -OCH3 is 1. The largest absolute Gasteiger partial charge is 0.497 e. The Hall–Kier alpha value is -1.87. The van der Waals surface area contributed by atoms with Crippen LogP contribution in [-0.2, 0) is 0 Å². The zero-order valence-electron chi connectivity index (χ0n) is 9.61. The van der Waals surface area contributed by atoms with Crippen molar-refractivity contribution in [1.82, 2.24) is 0 Å². The molecule has 0 saturated heterocycles. The van der Waals surface area contributed by atoms with Crippen LogP contribution in [-0.4, -0.2) is 12.9 Å². The van der Waals surface area contributed by atoms with Crippen molar-refractivity contribution in [2.24, 2.45) is 0 Å². The third kappa shape index (κ3) is 2.68. The summed E-state index contributed by atoms with van der Waals surface area (Å²) in [5.74, 6) is -0.151. The van der Waals surface area contributed by atoms with Crippen LogP contribution in [0.4, 0.5) is 4.39 Å².